The van der Waals surface area contributed by atoms with Crippen molar-refractivity contribution in [3.05, 3.63) is 0 Å². The molecule has 0 aliphatic rings. The van der Waals surface area contributed by atoms with Gasteiger partial charge in [-0.05, 0) is 84.3 Å². The van der Waals surface area contributed by atoms with E-state index in [-0.39, 0.29) is 5.91 Å². The molecule has 0 rings (SSSR count). The molecule has 0 unspecified atom stereocenters. The summed E-state index contributed by atoms with van der Waals surface area (Å²) in [4.78, 5) is 15.4. The van der Waals surface area contributed by atoms with E-state index in [0.29, 0.717) is 6.54 Å². The predicted molar refractivity (Wildman–Crippen MR) is 242 cm³/mol. The molecule has 0 radical (unpaired) electrons. The van der Waals surface area contributed by atoms with Crippen molar-refractivity contribution in [3.8, 4) is 0 Å². The summed E-state index contributed by atoms with van der Waals surface area (Å²) >= 11 is 0. The van der Waals surface area contributed by atoms with Gasteiger partial charge in [0.1, 0.15) is 0 Å². The van der Waals surface area contributed by atoms with Crippen LogP contribution in [0.1, 0.15) is 245 Å². The van der Waals surface area contributed by atoms with Crippen LogP contribution in [0.5, 0.6) is 0 Å². The third-order valence-corrected chi connectivity index (χ3v) is 11.4. The number of hydrogen-bond donors (Lipinski definition) is 4. The summed E-state index contributed by atoms with van der Waals surface area (Å²) in [5.74, 6) is 0.214. The van der Waals surface area contributed by atoms with Crippen molar-refractivity contribution in [1.82, 2.24) is 20.9 Å². The maximum Gasteiger partial charge on any atom is 0.234 e. The first-order valence-electron chi connectivity index (χ1n) is 24.8. The Morgan fingerprint density at radius 2 is 0.667 bits per heavy atom. The molecule has 0 bridgehead atoms. The van der Waals surface area contributed by atoms with Gasteiger partial charge >= 0.3 is 0 Å². The van der Waals surface area contributed by atoms with Gasteiger partial charge in [-0.3, -0.25) is 9.69 Å². The molecule has 0 heterocycles. The Labute approximate surface area is 340 Å². The average molecular weight is 764 g/mol. The van der Waals surface area contributed by atoms with Crippen LogP contribution in [-0.4, -0.2) is 69.7 Å². The Balaban J connectivity index is 4.06. The minimum atomic E-state index is 0.214. The summed E-state index contributed by atoms with van der Waals surface area (Å²) in [5.41, 5.74) is 5.54. The molecule has 0 saturated heterocycles. The van der Waals surface area contributed by atoms with E-state index in [0.717, 1.165) is 65.2 Å². The molecule has 0 aliphatic carbocycles. The molecule has 0 aromatic carbocycles. The van der Waals surface area contributed by atoms with E-state index in [1.165, 1.54) is 218 Å². The van der Waals surface area contributed by atoms with E-state index in [9.17, 15) is 4.79 Å². The Hall–Kier alpha value is -0.690. The molecule has 6 nitrogen and oxygen atoms in total. The van der Waals surface area contributed by atoms with Crippen molar-refractivity contribution in [2.24, 2.45) is 5.73 Å². The first-order chi connectivity index (χ1) is 26.7. The standard InChI is InChI=1S/C48H101N5O/c1-3-5-7-9-11-13-15-17-19-21-23-25-27-29-31-35-45-53(47-48(54)52-44-38-43-51-41-34-33-40-50-42-37-39-49)46-36-32-30-28-26-24-22-20-18-16-14-12-10-8-6-4-2/h50-51H,3-47,49H2,1-2H3,(H,52,54). The van der Waals surface area contributed by atoms with Gasteiger partial charge < -0.3 is 21.7 Å². The average Bonchev–Trinajstić information content (AvgIpc) is 3.17. The Morgan fingerprint density at radius 3 is 1.00 bits per heavy atom. The van der Waals surface area contributed by atoms with Gasteiger partial charge in [-0.1, -0.05) is 206 Å². The molecule has 0 saturated carbocycles. The molecule has 54 heavy (non-hydrogen) atoms. The summed E-state index contributed by atoms with van der Waals surface area (Å²) in [6, 6.07) is 0. The highest BCUT2D eigenvalue weighted by molar-refractivity contribution is 5.77. The fourth-order valence-corrected chi connectivity index (χ4v) is 7.71. The molecule has 1 amide bonds. The molecular weight excluding hydrogens is 663 g/mol. The summed E-state index contributed by atoms with van der Waals surface area (Å²) in [6.45, 7) is 13.0. The van der Waals surface area contributed by atoms with Gasteiger partial charge in [0.25, 0.3) is 0 Å². The summed E-state index contributed by atoms with van der Waals surface area (Å²) < 4.78 is 0. The topological polar surface area (TPSA) is 82.4 Å². The zero-order valence-corrected chi connectivity index (χ0v) is 37.3. The van der Waals surface area contributed by atoms with E-state index < -0.39 is 0 Å². The molecule has 0 spiro atoms. The maximum atomic E-state index is 12.9. The number of carbonyl (C=O) groups is 1. The monoisotopic (exact) mass is 764 g/mol. The van der Waals surface area contributed by atoms with E-state index >= 15 is 0 Å². The number of nitrogens with zero attached hydrogens (tertiary/aromatic N) is 1. The maximum absolute atomic E-state index is 12.9. The fraction of sp³-hybridized carbons (Fsp3) is 0.979. The normalized spacial score (nSPS) is 11.6. The molecule has 0 aromatic rings. The molecule has 324 valence electrons. The van der Waals surface area contributed by atoms with Crippen molar-refractivity contribution < 1.29 is 4.79 Å². The Bertz CT molecular complexity index is 656. The van der Waals surface area contributed by atoms with Crippen molar-refractivity contribution in [3.63, 3.8) is 0 Å². The molecule has 0 aliphatic heterocycles. The van der Waals surface area contributed by atoms with Gasteiger partial charge in [0.2, 0.25) is 5.91 Å². The van der Waals surface area contributed by atoms with Gasteiger partial charge in [-0.25, -0.2) is 0 Å². The summed E-state index contributed by atoms with van der Waals surface area (Å²) in [7, 11) is 0. The number of rotatable bonds is 48. The van der Waals surface area contributed by atoms with Crippen LogP contribution in [0.15, 0.2) is 0 Å². The van der Waals surface area contributed by atoms with Crippen LogP contribution in [0.3, 0.4) is 0 Å². The number of unbranched alkanes of at least 4 members (excludes halogenated alkanes) is 31. The van der Waals surface area contributed by atoms with Crippen LogP contribution >= 0.6 is 0 Å². The van der Waals surface area contributed by atoms with Crippen LogP contribution in [-0.2, 0) is 4.79 Å². The predicted octanol–water partition coefficient (Wildman–Crippen LogP) is 12.6. The molecule has 0 fully saturated rings. The minimum Gasteiger partial charge on any atom is -0.355 e. The van der Waals surface area contributed by atoms with Gasteiger partial charge in [0, 0.05) is 6.54 Å². The van der Waals surface area contributed by atoms with Crippen LogP contribution in [0, 0.1) is 0 Å². The van der Waals surface area contributed by atoms with E-state index in [1.807, 2.05) is 0 Å². The van der Waals surface area contributed by atoms with Crippen LogP contribution in [0.2, 0.25) is 0 Å². The molecule has 0 atom stereocenters. The third kappa shape index (κ3) is 45.7. The third-order valence-electron chi connectivity index (χ3n) is 11.4. The van der Waals surface area contributed by atoms with E-state index in [4.69, 9.17) is 5.73 Å². The summed E-state index contributed by atoms with van der Waals surface area (Å²) in [6.07, 6.45) is 49.4. The Kier molecular flexibility index (Phi) is 47.8. The van der Waals surface area contributed by atoms with Crippen molar-refractivity contribution in [2.45, 2.75) is 245 Å². The molecule has 0 aromatic heterocycles. The minimum absolute atomic E-state index is 0.214. The lowest BCUT2D eigenvalue weighted by molar-refractivity contribution is -0.122. The summed E-state index contributed by atoms with van der Waals surface area (Å²) in [5, 5.41) is 10.2. The Morgan fingerprint density at radius 1 is 0.370 bits per heavy atom. The van der Waals surface area contributed by atoms with Crippen molar-refractivity contribution in [1.29, 1.82) is 0 Å². The zero-order chi connectivity index (χ0) is 39.1. The van der Waals surface area contributed by atoms with Crippen LogP contribution in [0.4, 0.5) is 0 Å². The van der Waals surface area contributed by atoms with Crippen molar-refractivity contribution >= 4 is 5.91 Å². The lowest BCUT2D eigenvalue weighted by Crippen LogP contribution is -2.39. The largest absolute Gasteiger partial charge is 0.355 e. The number of hydrogen-bond acceptors (Lipinski definition) is 5. The smallest absolute Gasteiger partial charge is 0.234 e. The fourth-order valence-electron chi connectivity index (χ4n) is 7.71. The molecular formula is C48H101N5O. The van der Waals surface area contributed by atoms with Crippen LogP contribution in [0.25, 0.3) is 0 Å². The first kappa shape index (κ1) is 53.3. The highest BCUT2D eigenvalue weighted by Crippen LogP contribution is 2.16. The lowest BCUT2D eigenvalue weighted by Gasteiger charge is -2.22. The first-order valence-corrected chi connectivity index (χ1v) is 24.8. The number of amides is 1. The van der Waals surface area contributed by atoms with Gasteiger partial charge in [-0.2, -0.15) is 0 Å². The quantitative estimate of drug-likeness (QED) is 0.0464. The van der Waals surface area contributed by atoms with Gasteiger partial charge in [0.05, 0.1) is 6.54 Å². The van der Waals surface area contributed by atoms with E-state index in [1.54, 1.807) is 0 Å². The molecule has 5 N–H and O–H groups in total. The molecule has 6 heteroatoms. The lowest BCUT2D eigenvalue weighted by atomic mass is 10.0. The van der Waals surface area contributed by atoms with Gasteiger partial charge in [0.15, 0.2) is 0 Å². The second-order valence-corrected chi connectivity index (χ2v) is 16.9. The second kappa shape index (κ2) is 48.5. The highest BCUT2D eigenvalue weighted by atomic mass is 16.2. The zero-order valence-electron chi connectivity index (χ0n) is 37.3. The highest BCUT2D eigenvalue weighted by Gasteiger charge is 2.10. The van der Waals surface area contributed by atoms with E-state index in [2.05, 4.69) is 34.7 Å². The number of nitrogens with one attached hydrogen (secondary N) is 3. The number of nitrogens with two attached hydrogens (primary N) is 1. The SMILES string of the molecule is CCCCCCCCCCCCCCCCCCN(CCCCCCCCCCCCCCCCCC)CC(=O)NCCCNCCCCNCCCN. The van der Waals surface area contributed by atoms with Crippen LogP contribution < -0.4 is 21.7 Å². The van der Waals surface area contributed by atoms with Crippen molar-refractivity contribution in [2.75, 3.05) is 58.9 Å². The number of carbonyl (C=O) groups excluding carboxylic acids is 1. The second-order valence-electron chi connectivity index (χ2n) is 16.9. The van der Waals surface area contributed by atoms with Gasteiger partial charge in [-0.15, -0.1) is 0 Å².